The van der Waals surface area contributed by atoms with Crippen molar-refractivity contribution in [1.82, 2.24) is 5.43 Å². The molecule has 0 aromatic heterocycles. The number of nitro groups is 1. The Bertz CT molecular complexity index is 831. The van der Waals surface area contributed by atoms with Gasteiger partial charge >= 0.3 is 0 Å². The fraction of sp³-hybridized carbons (Fsp3) is 0.167. The lowest BCUT2D eigenvalue weighted by Crippen LogP contribution is -2.18. The Balaban J connectivity index is 1.98. The Morgan fingerprint density at radius 2 is 1.85 bits per heavy atom. The van der Waals surface area contributed by atoms with Crippen molar-refractivity contribution in [3.8, 4) is 0 Å². The van der Waals surface area contributed by atoms with E-state index in [1.807, 2.05) is 6.92 Å². The van der Waals surface area contributed by atoms with Gasteiger partial charge in [0.05, 0.1) is 16.7 Å². The molecule has 8 heteroatoms. The lowest BCUT2D eigenvalue weighted by Gasteiger charge is -2.05. The molecule has 0 unspecified atom stereocenters. The summed E-state index contributed by atoms with van der Waals surface area (Å²) in [7, 11) is 0. The molecule has 2 rings (SSSR count). The van der Waals surface area contributed by atoms with Gasteiger partial charge in [0.2, 0.25) is 5.91 Å². The van der Waals surface area contributed by atoms with Crippen molar-refractivity contribution in [2.24, 2.45) is 5.10 Å². The van der Waals surface area contributed by atoms with Gasteiger partial charge in [0.15, 0.2) is 0 Å². The molecule has 2 aromatic carbocycles. The summed E-state index contributed by atoms with van der Waals surface area (Å²) in [6, 6.07) is 12.4. The Labute approximate surface area is 150 Å². The highest BCUT2D eigenvalue weighted by Crippen LogP contribution is 2.15. The number of benzene rings is 2. The van der Waals surface area contributed by atoms with Crippen LogP contribution in [-0.2, 0) is 4.79 Å². The molecule has 134 valence electrons. The second kappa shape index (κ2) is 9.07. The van der Waals surface area contributed by atoms with Crippen molar-refractivity contribution in [2.75, 3.05) is 5.32 Å². The first-order valence-corrected chi connectivity index (χ1v) is 7.98. The van der Waals surface area contributed by atoms with Gasteiger partial charge in [0.25, 0.3) is 11.6 Å². The lowest BCUT2D eigenvalue weighted by atomic mass is 10.2. The zero-order chi connectivity index (χ0) is 18.9. The van der Waals surface area contributed by atoms with Gasteiger partial charge in [-0.2, -0.15) is 5.10 Å². The summed E-state index contributed by atoms with van der Waals surface area (Å²) in [6.07, 6.45) is 2.40. The first-order chi connectivity index (χ1) is 12.5. The van der Waals surface area contributed by atoms with Crippen molar-refractivity contribution in [3.63, 3.8) is 0 Å². The molecule has 0 aliphatic carbocycles. The van der Waals surface area contributed by atoms with Gasteiger partial charge in [0.1, 0.15) is 0 Å². The van der Waals surface area contributed by atoms with E-state index >= 15 is 0 Å². The summed E-state index contributed by atoms with van der Waals surface area (Å²) in [5.41, 5.74) is 3.45. The minimum Gasteiger partial charge on any atom is -0.326 e. The van der Waals surface area contributed by atoms with Gasteiger partial charge in [-0.3, -0.25) is 19.7 Å². The van der Waals surface area contributed by atoms with Crippen molar-refractivity contribution in [3.05, 3.63) is 69.8 Å². The van der Waals surface area contributed by atoms with Crippen LogP contribution in [0.25, 0.3) is 0 Å². The van der Waals surface area contributed by atoms with Gasteiger partial charge < -0.3 is 5.32 Å². The molecule has 26 heavy (non-hydrogen) atoms. The number of hydrogen-bond acceptors (Lipinski definition) is 5. The smallest absolute Gasteiger partial charge is 0.278 e. The second-order valence-electron chi connectivity index (χ2n) is 5.39. The van der Waals surface area contributed by atoms with Gasteiger partial charge in [-0.05, 0) is 36.8 Å². The number of rotatable bonds is 7. The van der Waals surface area contributed by atoms with Crippen LogP contribution < -0.4 is 10.7 Å². The fourth-order valence-corrected chi connectivity index (χ4v) is 2.14. The molecule has 2 aromatic rings. The highest BCUT2D eigenvalue weighted by Gasteiger charge is 2.10. The van der Waals surface area contributed by atoms with Crippen molar-refractivity contribution >= 4 is 29.4 Å². The number of para-hydroxylation sites is 1. The lowest BCUT2D eigenvalue weighted by molar-refractivity contribution is -0.385. The third kappa shape index (κ3) is 5.23. The summed E-state index contributed by atoms with van der Waals surface area (Å²) in [4.78, 5) is 34.0. The number of nitrogens with zero attached hydrogens (tertiary/aromatic N) is 2. The number of hydrogen-bond donors (Lipinski definition) is 2. The SMILES string of the molecule is CCCC(=O)Nc1ccc(C(=O)N/N=C/c2ccccc2[N+](=O)[O-])cc1. The van der Waals surface area contributed by atoms with Gasteiger partial charge in [-0.25, -0.2) is 5.43 Å². The normalized spacial score (nSPS) is 10.5. The van der Waals surface area contributed by atoms with Crippen LogP contribution in [0.4, 0.5) is 11.4 Å². The van der Waals surface area contributed by atoms with E-state index < -0.39 is 10.8 Å². The van der Waals surface area contributed by atoms with Gasteiger partial charge in [-0.15, -0.1) is 0 Å². The van der Waals surface area contributed by atoms with Crippen LogP contribution in [0, 0.1) is 10.1 Å². The molecule has 0 spiro atoms. The van der Waals surface area contributed by atoms with E-state index in [-0.39, 0.29) is 17.2 Å². The Kier molecular flexibility index (Phi) is 6.55. The maximum Gasteiger partial charge on any atom is 0.278 e. The highest BCUT2D eigenvalue weighted by molar-refractivity contribution is 5.96. The quantitative estimate of drug-likeness (QED) is 0.452. The van der Waals surface area contributed by atoms with Crippen LogP contribution in [-0.4, -0.2) is 23.0 Å². The first-order valence-electron chi connectivity index (χ1n) is 7.98. The number of carbonyl (C=O) groups excluding carboxylic acids is 2. The zero-order valence-corrected chi connectivity index (χ0v) is 14.1. The van der Waals surface area contributed by atoms with Crippen LogP contribution in [0.1, 0.15) is 35.7 Å². The highest BCUT2D eigenvalue weighted by atomic mass is 16.6. The van der Waals surface area contributed by atoms with E-state index in [0.717, 1.165) is 6.42 Å². The third-order valence-corrected chi connectivity index (χ3v) is 3.41. The number of hydrazone groups is 1. The molecule has 2 amide bonds. The number of anilines is 1. The van der Waals surface area contributed by atoms with Crippen molar-refractivity contribution < 1.29 is 14.5 Å². The zero-order valence-electron chi connectivity index (χ0n) is 14.1. The standard InChI is InChI=1S/C18H18N4O4/c1-2-5-17(23)20-15-10-8-13(9-11-15)18(24)21-19-12-14-6-3-4-7-16(14)22(25)26/h3-4,6-12H,2,5H2,1H3,(H,20,23)(H,21,24)/b19-12+. The Morgan fingerprint density at radius 3 is 2.50 bits per heavy atom. The van der Waals surface area contributed by atoms with E-state index in [9.17, 15) is 19.7 Å². The minimum atomic E-state index is -0.519. The summed E-state index contributed by atoms with van der Waals surface area (Å²) >= 11 is 0. The number of carbonyl (C=O) groups is 2. The molecule has 0 heterocycles. The van der Waals surface area contributed by atoms with Crippen LogP contribution in [0.15, 0.2) is 53.6 Å². The monoisotopic (exact) mass is 354 g/mol. The van der Waals surface area contributed by atoms with Crippen molar-refractivity contribution in [1.29, 1.82) is 0 Å². The maximum absolute atomic E-state index is 12.0. The molecule has 0 saturated heterocycles. The van der Waals surface area contributed by atoms with Crippen molar-refractivity contribution in [2.45, 2.75) is 19.8 Å². The summed E-state index contributed by atoms with van der Waals surface area (Å²) in [6.45, 7) is 1.91. The third-order valence-electron chi connectivity index (χ3n) is 3.41. The Hall–Kier alpha value is -3.55. The molecule has 0 atom stereocenters. The molecule has 0 aliphatic rings. The molecular weight excluding hydrogens is 336 g/mol. The molecular formula is C18H18N4O4. The van der Waals surface area contributed by atoms with Crippen LogP contribution in [0.5, 0.6) is 0 Å². The van der Waals surface area contributed by atoms with Crippen LogP contribution in [0.2, 0.25) is 0 Å². The van der Waals surface area contributed by atoms with Crippen LogP contribution >= 0.6 is 0 Å². The first kappa shape index (κ1) is 18.8. The summed E-state index contributed by atoms with van der Waals surface area (Å²) in [5.74, 6) is -0.551. The van der Waals surface area contributed by atoms with Gasteiger partial charge in [0, 0.05) is 23.7 Å². The second-order valence-corrected chi connectivity index (χ2v) is 5.39. The predicted molar refractivity (Wildman–Crippen MR) is 98.1 cm³/mol. The van der Waals surface area contributed by atoms with E-state index in [2.05, 4.69) is 15.8 Å². The molecule has 0 fully saturated rings. The van der Waals surface area contributed by atoms with Crippen LogP contribution in [0.3, 0.4) is 0 Å². The average molecular weight is 354 g/mol. The maximum atomic E-state index is 12.0. The molecule has 0 bridgehead atoms. The van der Waals surface area contributed by atoms with E-state index in [0.29, 0.717) is 17.7 Å². The number of nitrogens with one attached hydrogen (secondary N) is 2. The number of amides is 2. The predicted octanol–water partition coefficient (Wildman–Crippen LogP) is 3.10. The molecule has 8 nitrogen and oxygen atoms in total. The summed E-state index contributed by atoms with van der Waals surface area (Å²) in [5, 5.41) is 17.4. The molecule has 0 saturated carbocycles. The van der Waals surface area contributed by atoms with E-state index in [1.54, 1.807) is 36.4 Å². The minimum absolute atomic E-state index is 0.0845. The van der Waals surface area contributed by atoms with E-state index in [4.69, 9.17) is 0 Å². The molecule has 0 aliphatic heterocycles. The number of nitro benzene ring substituents is 1. The largest absolute Gasteiger partial charge is 0.326 e. The van der Waals surface area contributed by atoms with Gasteiger partial charge in [-0.1, -0.05) is 19.1 Å². The van der Waals surface area contributed by atoms with E-state index in [1.165, 1.54) is 18.3 Å². The molecule has 2 N–H and O–H groups in total. The Morgan fingerprint density at radius 1 is 1.15 bits per heavy atom. The summed E-state index contributed by atoms with van der Waals surface area (Å²) < 4.78 is 0. The topological polar surface area (TPSA) is 114 Å². The average Bonchev–Trinajstić information content (AvgIpc) is 2.62. The fourth-order valence-electron chi connectivity index (χ4n) is 2.14. The molecule has 0 radical (unpaired) electrons.